The van der Waals surface area contributed by atoms with E-state index in [1.165, 1.54) is 0 Å². The predicted molar refractivity (Wildman–Crippen MR) is 69.4 cm³/mol. The fraction of sp³-hybridized carbons (Fsp3) is 1.00. The first-order valence-electron chi connectivity index (χ1n) is 5.23. The van der Waals surface area contributed by atoms with Gasteiger partial charge in [-0.2, -0.15) is 0 Å². The van der Waals surface area contributed by atoms with Crippen molar-refractivity contribution in [2.45, 2.75) is 32.7 Å². The number of halogens is 1. The van der Waals surface area contributed by atoms with Crippen molar-refractivity contribution in [1.29, 1.82) is 0 Å². The van der Waals surface area contributed by atoms with Crippen LogP contribution >= 0.6 is 15.9 Å². The molecule has 0 aromatic carbocycles. The van der Waals surface area contributed by atoms with Gasteiger partial charge in [0.05, 0.1) is 5.75 Å². The highest BCUT2D eigenvalue weighted by atomic mass is 79.9. The Balaban J connectivity index is 3.98. The van der Waals surface area contributed by atoms with E-state index in [2.05, 4.69) is 34.7 Å². The van der Waals surface area contributed by atoms with Crippen LogP contribution in [0.15, 0.2) is 0 Å². The second kappa shape index (κ2) is 6.21. The highest BCUT2D eigenvalue weighted by Gasteiger charge is 2.21. The zero-order valence-electron chi connectivity index (χ0n) is 10.1. The minimum Gasteiger partial charge on any atom is -0.300 e. The fourth-order valence-electron chi connectivity index (χ4n) is 1.07. The van der Waals surface area contributed by atoms with Crippen LogP contribution in [0.4, 0.5) is 0 Å². The van der Waals surface area contributed by atoms with Crippen LogP contribution in [-0.4, -0.2) is 49.3 Å². The number of hydrogen-bond acceptors (Lipinski definition) is 3. The number of hydrogen-bond donors (Lipinski definition) is 0. The Morgan fingerprint density at radius 2 is 1.87 bits per heavy atom. The fourth-order valence-corrected chi connectivity index (χ4v) is 2.36. The molecular weight excluding hydrogens is 278 g/mol. The van der Waals surface area contributed by atoms with Gasteiger partial charge >= 0.3 is 0 Å². The van der Waals surface area contributed by atoms with Crippen molar-refractivity contribution in [2.24, 2.45) is 0 Å². The van der Waals surface area contributed by atoms with Crippen LogP contribution in [-0.2, 0) is 9.84 Å². The topological polar surface area (TPSA) is 37.4 Å². The largest absolute Gasteiger partial charge is 0.300 e. The van der Waals surface area contributed by atoms with Crippen LogP contribution in [0.2, 0.25) is 0 Å². The van der Waals surface area contributed by atoms with E-state index < -0.39 is 9.84 Å². The summed E-state index contributed by atoms with van der Waals surface area (Å²) in [6.45, 7) is 6.78. The molecular formula is C10H22BrNO2S. The summed E-state index contributed by atoms with van der Waals surface area (Å²) in [5.74, 6) is 0.546. The maximum Gasteiger partial charge on any atom is 0.150 e. The minimum atomic E-state index is -2.81. The van der Waals surface area contributed by atoms with Crippen LogP contribution in [0.25, 0.3) is 0 Å². The first-order valence-corrected chi connectivity index (χ1v) is 8.17. The smallest absolute Gasteiger partial charge is 0.150 e. The Labute approximate surface area is 102 Å². The molecule has 0 aromatic rings. The Hall–Kier alpha value is 0.390. The van der Waals surface area contributed by atoms with Crippen molar-refractivity contribution in [3.63, 3.8) is 0 Å². The maximum absolute atomic E-state index is 11.3. The summed E-state index contributed by atoms with van der Waals surface area (Å²) in [6.07, 6.45) is 0.711. The van der Waals surface area contributed by atoms with Crippen molar-refractivity contribution in [3.8, 4) is 0 Å². The van der Waals surface area contributed by atoms with Crippen LogP contribution < -0.4 is 0 Å². The lowest BCUT2D eigenvalue weighted by Gasteiger charge is -2.34. The van der Waals surface area contributed by atoms with Gasteiger partial charge in [-0.25, -0.2) is 8.42 Å². The predicted octanol–water partition coefficient (Wildman–Crippen LogP) is 1.92. The quantitative estimate of drug-likeness (QED) is 0.674. The zero-order valence-corrected chi connectivity index (χ0v) is 12.5. The van der Waals surface area contributed by atoms with Crippen LogP contribution in [0, 0.1) is 0 Å². The Kier molecular flexibility index (Phi) is 6.37. The Morgan fingerprint density at radius 1 is 1.33 bits per heavy atom. The highest BCUT2D eigenvalue weighted by molar-refractivity contribution is 9.09. The molecule has 0 rings (SSSR count). The van der Waals surface area contributed by atoms with Gasteiger partial charge in [0.1, 0.15) is 9.84 Å². The molecule has 0 unspecified atom stereocenters. The van der Waals surface area contributed by atoms with Gasteiger partial charge in [0.2, 0.25) is 0 Å². The molecule has 0 aliphatic carbocycles. The minimum absolute atomic E-state index is 0.0793. The van der Waals surface area contributed by atoms with Crippen molar-refractivity contribution in [3.05, 3.63) is 0 Å². The van der Waals surface area contributed by atoms with Gasteiger partial charge in [-0.15, -0.1) is 0 Å². The van der Waals surface area contributed by atoms with E-state index in [0.717, 1.165) is 11.9 Å². The second-order valence-electron chi connectivity index (χ2n) is 4.46. The molecule has 0 saturated carbocycles. The maximum atomic E-state index is 11.3. The van der Waals surface area contributed by atoms with Gasteiger partial charge in [0.25, 0.3) is 0 Å². The molecule has 5 heteroatoms. The second-order valence-corrected chi connectivity index (χ2v) is 7.49. The average molecular weight is 300 g/mol. The molecule has 0 bridgehead atoms. The van der Waals surface area contributed by atoms with Gasteiger partial charge in [0, 0.05) is 16.6 Å². The molecule has 0 fully saturated rings. The van der Waals surface area contributed by atoms with E-state index in [-0.39, 0.29) is 11.3 Å². The first-order chi connectivity index (χ1) is 6.75. The summed E-state index contributed by atoms with van der Waals surface area (Å²) in [6, 6.07) is 0. The van der Waals surface area contributed by atoms with Crippen LogP contribution in [0.5, 0.6) is 0 Å². The molecule has 92 valence electrons. The standard InChI is InChI=1S/C10H22BrNO2S/c1-5-15(13,14)8-6-7-12(4)10(2,3)9-11/h5-9H2,1-4H3. The van der Waals surface area contributed by atoms with Crippen molar-refractivity contribution < 1.29 is 8.42 Å². The van der Waals surface area contributed by atoms with E-state index in [4.69, 9.17) is 0 Å². The SMILES string of the molecule is CCS(=O)(=O)CCCN(C)C(C)(C)CBr. The third kappa shape index (κ3) is 5.88. The summed E-state index contributed by atoms with van der Waals surface area (Å²) in [7, 11) is -0.778. The number of rotatable bonds is 7. The summed E-state index contributed by atoms with van der Waals surface area (Å²) in [5, 5.41) is 0.886. The monoisotopic (exact) mass is 299 g/mol. The van der Waals surface area contributed by atoms with Crippen LogP contribution in [0.3, 0.4) is 0 Å². The molecule has 0 heterocycles. The van der Waals surface area contributed by atoms with Crippen molar-refractivity contribution >= 4 is 25.8 Å². The van der Waals surface area contributed by atoms with Crippen molar-refractivity contribution in [2.75, 3.05) is 30.4 Å². The molecule has 0 aromatic heterocycles. The van der Waals surface area contributed by atoms with E-state index in [0.29, 0.717) is 12.2 Å². The third-order valence-electron chi connectivity index (χ3n) is 2.75. The van der Waals surface area contributed by atoms with E-state index in [1.807, 2.05) is 7.05 Å². The van der Waals surface area contributed by atoms with Gasteiger partial charge in [-0.3, -0.25) is 0 Å². The number of nitrogens with zero attached hydrogens (tertiary/aromatic N) is 1. The van der Waals surface area contributed by atoms with E-state index in [9.17, 15) is 8.42 Å². The molecule has 0 saturated heterocycles. The molecule has 0 amide bonds. The molecule has 15 heavy (non-hydrogen) atoms. The molecule has 0 aliphatic rings. The normalized spacial score (nSPS) is 13.5. The summed E-state index contributed by atoms with van der Waals surface area (Å²) in [5.41, 5.74) is 0.0793. The first kappa shape index (κ1) is 15.4. The Bertz CT molecular complexity index is 275. The Morgan fingerprint density at radius 3 is 2.27 bits per heavy atom. The molecule has 0 radical (unpaired) electrons. The number of alkyl halides is 1. The summed E-state index contributed by atoms with van der Waals surface area (Å²) in [4.78, 5) is 2.19. The van der Waals surface area contributed by atoms with Gasteiger partial charge in [-0.05, 0) is 33.9 Å². The van der Waals surface area contributed by atoms with Crippen molar-refractivity contribution in [1.82, 2.24) is 4.90 Å². The third-order valence-corrected chi connectivity index (χ3v) is 5.91. The lowest BCUT2D eigenvalue weighted by atomic mass is 10.1. The highest BCUT2D eigenvalue weighted by Crippen LogP contribution is 2.15. The lowest BCUT2D eigenvalue weighted by molar-refractivity contribution is 0.182. The van der Waals surface area contributed by atoms with Gasteiger partial charge < -0.3 is 4.90 Å². The summed E-state index contributed by atoms with van der Waals surface area (Å²) < 4.78 is 22.5. The molecule has 0 spiro atoms. The number of sulfone groups is 1. The zero-order chi connectivity index (χ0) is 12.1. The average Bonchev–Trinajstić information content (AvgIpc) is 2.17. The molecule has 0 N–H and O–H groups in total. The molecule has 0 aliphatic heterocycles. The molecule has 0 atom stereocenters. The summed E-state index contributed by atoms with van der Waals surface area (Å²) >= 11 is 3.46. The van der Waals surface area contributed by atoms with Gasteiger partial charge in [0.15, 0.2) is 0 Å². The molecule has 3 nitrogen and oxygen atoms in total. The van der Waals surface area contributed by atoms with Crippen LogP contribution in [0.1, 0.15) is 27.2 Å². The van der Waals surface area contributed by atoms with E-state index >= 15 is 0 Å². The van der Waals surface area contributed by atoms with E-state index in [1.54, 1.807) is 6.92 Å². The van der Waals surface area contributed by atoms with Gasteiger partial charge in [-0.1, -0.05) is 22.9 Å². The lowest BCUT2D eigenvalue weighted by Crippen LogP contribution is -2.43.